The Morgan fingerprint density at radius 3 is 2.63 bits per heavy atom. The summed E-state index contributed by atoms with van der Waals surface area (Å²) < 4.78 is 5.35. The number of hydrogen-bond acceptors (Lipinski definition) is 5. The Bertz CT molecular complexity index is 960. The Morgan fingerprint density at radius 2 is 1.85 bits per heavy atom. The molecule has 1 aromatic carbocycles. The summed E-state index contributed by atoms with van der Waals surface area (Å²) in [5.74, 6) is 0. The van der Waals surface area contributed by atoms with E-state index in [-0.39, 0.29) is 5.63 Å². The molecule has 0 radical (unpaired) electrons. The van der Waals surface area contributed by atoms with Crippen molar-refractivity contribution in [2.24, 2.45) is 0 Å². The van der Waals surface area contributed by atoms with Crippen LogP contribution in [0.15, 0.2) is 57.9 Å². The third-order valence-corrected chi connectivity index (χ3v) is 5.25. The third-order valence-electron chi connectivity index (χ3n) is 5.25. The van der Waals surface area contributed by atoms with Crippen LogP contribution in [0.2, 0.25) is 0 Å². The van der Waals surface area contributed by atoms with E-state index >= 15 is 0 Å². The van der Waals surface area contributed by atoms with Crippen molar-refractivity contribution in [1.82, 2.24) is 14.8 Å². The van der Waals surface area contributed by atoms with Gasteiger partial charge in [-0.25, -0.2) is 4.79 Å². The molecule has 0 bridgehead atoms. The summed E-state index contributed by atoms with van der Waals surface area (Å²) in [6.45, 7) is 8.01. The molecule has 3 aromatic rings. The van der Waals surface area contributed by atoms with E-state index in [1.54, 1.807) is 6.07 Å². The number of hydrogen-bond donors (Lipinski definition) is 0. The Labute approximate surface area is 159 Å². The van der Waals surface area contributed by atoms with Crippen LogP contribution in [-0.2, 0) is 13.0 Å². The fourth-order valence-corrected chi connectivity index (χ4v) is 3.70. The number of rotatable bonds is 5. The van der Waals surface area contributed by atoms with E-state index in [2.05, 4.69) is 33.8 Å². The fraction of sp³-hybridized carbons (Fsp3) is 0.364. The lowest BCUT2D eigenvalue weighted by molar-refractivity contribution is 0.128. The lowest BCUT2D eigenvalue weighted by Crippen LogP contribution is -2.46. The number of piperazine rings is 1. The van der Waals surface area contributed by atoms with Gasteiger partial charge in [-0.2, -0.15) is 0 Å². The van der Waals surface area contributed by atoms with Crippen molar-refractivity contribution < 1.29 is 4.42 Å². The second kappa shape index (κ2) is 8.03. The number of benzene rings is 1. The van der Waals surface area contributed by atoms with Crippen molar-refractivity contribution in [2.45, 2.75) is 19.9 Å². The molecule has 3 heterocycles. The lowest BCUT2D eigenvalue weighted by atomic mass is 10.1. The Morgan fingerprint density at radius 1 is 1.04 bits per heavy atom. The molecule has 27 heavy (non-hydrogen) atoms. The minimum absolute atomic E-state index is 0.268. The predicted molar refractivity (Wildman–Crippen MR) is 107 cm³/mol. The standard InChI is InChI=1S/C22H25N3O2/c1-17-5-6-21-20(14-17)18(15-22(26)27-21)16-25-12-10-24(11-13-25)9-7-19-4-2-3-8-23-19/h2-6,8,14-15H,7,9-13,16H2,1H3. The highest BCUT2D eigenvalue weighted by Gasteiger charge is 2.18. The van der Waals surface area contributed by atoms with Crippen LogP contribution < -0.4 is 5.63 Å². The first-order valence-electron chi connectivity index (χ1n) is 9.55. The molecule has 1 aliphatic rings. The molecule has 0 amide bonds. The average Bonchev–Trinajstić information content (AvgIpc) is 2.69. The topological polar surface area (TPSA) is 49.6 Å². The van der Waals surface area contributed by atoms with Gasteiger partial charge in [-0.1, -0.05) is 17.7 Å². The first-order chi connectivity index (χ1) is 13.2. The quantitative estimate of drug-likeness (QED) is 0.653. The van der Waals surface area contributed by atoms with Crippen LogP contribution in [-0.4, -0.2) is 47.5 Å². The highest BCUT2D eigenvalue weighted by Crippen LogP contribution is 2.20. The molecule has 0 atom stereocenters. The molecule has 5 heteroatoms. The second-order valence-corrected chi connectivity index (χ2v) is 7.28. The zero-order valence-electron chi connectivity index (χ0n) is 15.7. The average molecular weight is 363 g/mol. The van der Waals surface area contributed by atoms with Gasteiger partial charge in [0.1, 0.15) is 5.58 Å². The van der Waals surface area contributed by atoms with Crippen molar-refractivity contribution >= 4 is 11.0 Å². The van der Waals surface area contributed by atoms with Gasteiger partial charge in [-0.3, -0.25) is 9.88 Å². The van der Waals surface area contributed by atoms with E-state index in [1.807, 2.05) is 30.5 Å². The summed E-state index contributed by atoms with van der Waals surface area (Å²) >= 11 is 0. The minimum Gasteiger partial charge on any atom is -0.423 e. The third kappa shape index (κ3) is 4.43. The minimum atomic E-state index is -0.268. The zero-order chi connectivity index (χ0) is 18.6. The van der Waals surface area contributed by atoms with E-state index < -0.39 is 0 Å². The summed E-state index contributed by atoms with van der Waals surface area (Å²) in [5.41, 5.74) is 3.80. The van der Waals surface area contributed by atoms with Crippen LogP contribution >= 0.6 is 0 Å². The van der Waals surface area contributed by atoms with Crippen LogP contribution in [0.25, 0.3) is 11.0 Å². The Balaban J connectivity index is 1.37. The molecule has 0 N–H and O–H groups in total. The first-order valence-corrected chi connectivity index (χ1v) is 9.55. The van der Waals surface area contributed by atoms with Crippen molar-refractivity contribution in [3.8, 4) is 0 Å². The Kier molecular flexibility index (Phi) is 5.32. The summed E-state index contributed by atoms with van der Waals surface area (Å²) in [7, 11) is 0. The molecular formula is C22H25N3O2. The molecule has 0 unspecified atom stereocenters. The number of aryl methyl sites for hydroxylation is 1. The molecule has 1 saturated heterocycles. The maximum absolute atomic E-state index is 11.9. The second-order valence-electron chi connectivity index (χ2n) is 7.28. The number of nitrogens with zero attached hydrogens (tertiary/aromatic N) is 3. The van der Waals surface area contributed by atoms with Crippen LogP contribution in [0.1, 0.15) is 16.8 Å². The van der Waals surface area contributed by atoms with Crippen LogP contribution in [0.4, 0.5) is 0 Å². The zero-order valence-corrected chi connectivity index (χ0v) is 15.7. The number of aromatic nitrogens is 1. The van der Waals surface area contributed by atoms with Gasteiger partial charge in [0.25, 0.3) is 0 Å². The van der Waals surface area contributed by atoms with Gasteiger partial charge < -0.3 is 9.32 Å². The maximum atomic E-state index is 11.9. The molecule has 5 nitrogen and oxygen atoms in total. The molecule has 2 aromatic heterocycles. The Hall–Kier alpha value is -2.50. The molecular weight excluding hydrogens is 338 g/mol. The van der Waals surface area contributed by atoms with E-state index in [9.17, 15) is 4.79 Å². The SMILES string of the molecule is Cc1ccc2oc(=O)cc(CN3CCN(CCc4ccccn4)CC3)c2c1. The monoisotopic (exact) mass is 363 g/mol. The summed E-state index contributed by atoms with van der Waals surface area (Å²) in [5, 5.41) is 1.05. The van der Waals surface area contributed by atoms with Gasteiger partial charge >= 0.3 is 5.63 Å². The van der Waals surface area contributed by atoms with Gasteiger partial charge in [-0.05, 0) is 36.8 Å². The summed E-state index contributed by atoms with van der Waals surface area (Å²) in [4.78, 5) is 21.2. The van der Waals surface area contributed by atoms with Crippen LogP contribution in [0.3, 0.4) is 0 Å². The van der Waals surface area contributed by atoms with Gasteiger partial charge in [0.05, 0.1) is 0 Å². The molecule has 0 saturated carbocycles. The van der Waals surface area contributed by atoms with Crippen LogP contribution in [0, 0.1) is 6.92 Å². The summed E-state index contributed by atoms with van der Waals surface area (Å²) in [6.07, 6.45) is 2.85. The maximum Gasteiger partial charge on any atom is 0.336 e. The highest BCUT2D eigenvalue weighted by molar-refractivity contribution is 5.80. The lowest BCUT2D eigenvalue weighted by Gasteiger charge is -2.34. The normalized spacial score (nSPS) is 16.0. The van der Waals surface area contributed by atoms with E-state index in [0.717, 1.165) is 62.3 Å². The van der Waals surface area contributed by atoms with Gasteiger partial charge in [0, 0.05) is 69.0 Å². The number of pyridine rings is 1. The fourth-order valence-electron chi connectivity index (χ4n) is 3.70. The van der Waals surface area contributed by atoms with Crippen molar-refractivity contribution in [2.75, 3.05) is 32.7 Å². The number of fused-ring (bicyclic) bond motifs is 1. The van der Waals surface area contributed by atoms with Gasteiger partial charge in [0.2, 0.25) is 0 Å². The molecule has 0 spiro atoms. The van der Waals surface area contributed by atoms with E-state index in [1.165, 1.54) is 5.56 Å². The van der Waals surface area contributed by atoms with E-state index in [4.69, 9.17) is 4.42 Å². The highest BCUT2D eigenvalue weighted by atomic mass is 16.4. The van der Waals surface area contributed by atoms with Crippen molar-refractivity contribution in [1.29, 1.82) is 0 Å². The molecule has 0 aliphatic carbocycles. The molecule has 140 valence electrons. The first kappa shape index (κ1) is 17.9. The molecule has 1 aliphatic heterocycles. The molecule has 4 rings (SSSR count). The summed E-state index contributed by atoms with van der Waals surface area (Å²) in [6, 6.07) is 13.7. The predicted octanol–water partition coefficient (Wildman–Crippen LogP) is 2.86. The largest absolute Gasteiger partial charge is 0.423 e. The van der Waals surface area contributed by atoms with Crippen molar-refractivity contribution in [3.63, 3.8) is 0 Å². The van der Waals surface area contributed by atoms with E-state index in [0.29, 0.717) is 5.58 Å². The molecule has 1 fully saturated rings. The van der Waals surface area contributed by atoms with Gasteiger partial charge in [0.15, 0.2) is 0 Å². The van der Waals surface area contributed by atoms with Crippen molar-refractivity contribution in [3.05, 3.63) is 75.9 Å². The van der Waals surface area contributed by atoms with Gasteiger partial charge in [-0.15, -0.1) is 0 Å². The van der Waals surface area contributed by atoms with Crippen LogP contribution in [0.5, 0.6) is 0 Å². The smallest absolute Gasteiger partial charge is 0.336 e.